The lowest BCUT2D eigenvalue weighted by atomic mass is 10.3. The Labute approximate surface area is 99.6 Å². The highest BCUT2D eigenvalue weighted by molar-refractivity contribution is 6.17. The molecule has 1 heterocycles. The average molecular weight is 233 g/mol. The van der Waals surface area contributed by atoms with Crippen LogP contribution in [0.5, 0.6) is 0 Å². The standard InChI is InChI=1S/C12H25ClN2/c1-2-14(10-5-7-13)11-6-12-15-8-3-4-9-15/h2-12H2,1H3. The molecule has 0 atom stereocenters. The number of hydrogen-bond donors (Lipinski definition) is 0. The van der Waals surface area contributed by atoms with E-state index in [0.29, 0.717) is 0 Å². The summed E-state index contributed by atoms with van der Waals surface area (Å²) in [6, 6.07) is 0. The second-order valence-electron chi connectivity index (χ2n) is 4.38. The van der Waals surface area contributed by atoms with Crippen LogP contribution in [-0.2, 0) is 0 Å². The average Bonchev–Trinajstić information content (AvgIpc) is 2.76. The maximum absolute atomic E-state index is 5.71. The van der Waals surface area contributed by atoms with Crippen LogP contribution in [0.3, 0.4) is 0 Å². The monoisotopic (exact) mass is 232 g/mol. The molecule has 1 fully saturated rings. The Morgan fingerprint density at radius 1 is 1.13 bits per heavy atom. The van der Waals surface area contributed by atoms with Crippen LogP contribution in [0.4, 0.5) is 0 Å². The van der Waals surface area contributed by atoms with E-state index in [2.05, 4.69) is 16.7 Å². The molecule has 0 aliphatic carbocycles. The van der Waals surface area contributed by atoms with Crippen molar-refractivity contribution in [3.8, 4) is 0 Å². The molecule has 0 N–H and O–H groups in total. The van der Waals surface area contributed by atoms with E-state index >= 15 is 0 Å². The molecule has 0 radical (unpaired) electrons. The van der Waals surface area contributed by atoms with Gasteiger partial charge in [0, 0.05) is 5.88 Å². The highest BCUT2D eigenvalue weighted by Crippen LogP contribution is 2.07. The number of hydrogen-bond acceptors (Lipinski definition) is 2. The lowest BCUT2D eigenvalue weighted by Gasteiger charge is -2.21. The van der Waals surface area contributed by atoms with Crippen molar-refractivity contribution < 1.29 is 0 Å². The Morgan fingerprint density at radius 2 is 1.80 bits per heavy atom. The summed E-state index contributed by atoms with van der Waals surface area (Å²) in [4.78, 5) is 5.11. The van der Waals surface area contributed by atoms with E-state index in [-0.39, 0.29) is 0 Å². The molecule has 0 unspecified atom stereocenters. The largest absolute Gasteiger partial charge is 0.304 e. The Kier molecular flexibility index (Phi) is 7.41. The van der Waals surface area contributed by atoms with E-state index in [0.717, 1.165) is 18.8 Å². The normalized spacial score (nSPS) is 17.8. The first-order valence-electron chi connectivity index (χ1n) is 6.37. The van der Waals surface area contributed by atoms with Crippen LogP contribution in [0.15, 0.2) is 0 Å². The lowest BCUT2D eigenvalue weighted by molar-refractivity contribution is 0.255. The first-order valence-corrected chi connectivity index (χ1v) is 6.91. The lowest BCUT2D eigenvalue weighted by Crippen LogP contribution is -2.29. The molecular weight excluding hydrogens is 208 g/mol. The highest BCUT2D eigenvalue weighted by Gasteiger charge is 2.11. The summed E-state index contributed by atoms with van der Waals surface area (Å²) < 4.78 is 0. The van der Waals surface area contributed by atoms with Crippen molar-refractivity contribution in [2.75, 3.05) is 45.1 Å². The van der Waals surface area contributed by atoms with Crippen molar-refractivity contribution in [3.05, 3.63) is 0 Å². The smallest absolute Gasteiger partial charge is 0.0235 e. The molecule has 0 aromatic rings. The minimum absolute atomic E-state index is 0.794. The molecule has 15 heavy (non-hydrogen) atoms. The minimum atomic E-state index is 0.794. The Morgan fingerprint density at radius 3 is 2.40 bits per heavy atom. The van der Waals surface area contributed by atoms with Gasteiger partial charge >= 0.3 is 0 Å². The Balaban J connectivity index is 2.00. The summed E-state index contributed by atoms with van der Waals surface area (Å²) in [5, 5.41) is 0. The van der Waals surface area contributed by atoms with Gasteiger partial charge in [0.2, 0.25) is 0 Å². The van der Waals surface area contributed by atoms with Crippen molar-refractivity contribution in [3.63, 3.8) is 0 Å². The van der Waals surface area contributed by atoms with Crippen LogP contribution in [-0.4, -0.2) is 54.9 Å². The van der Waals surface area contributed by atoms with Gasteiger partial charge in [0.05, 0.1) is 0 Å². The molecule has 0 spiro atoms. The van der Waals surface area contributed by atoms with Crippen LogP contribution in [0.1, 0.15) is 32.6 Å². The first-order chi connectivity index (χ1) is 7.36. The fraction of sp³-hybridized carbons (Fsp3) is 1.00. The summed E-state index contributed by atoms with van der Waals surface area (Å²) in [7, 11) is 0. The summed E-state index contributed by atoms with van der Waals surface area (Å²) in [5.74, 6) is 0.794. The van der Waals surface area contributed by atoms with E-state index in [1.165, 1.54) is 52.0 Å². The molecule has 1 aliphatic rings. The third-order valence-corrected chi connectivity index (χ3v) is 3.47. The summed E-state index contributed by atoms with van der Waals surface area (Å²) in [6.45, 7) is 9.75. The molecule has 0 amide bonds. The zero-order valence-corrected chi connectivity index (χ0v) is 10.8. The van der Waals surface area contributed by atoms with Gasteiger partial charge in [0.1, 0.15) is 0 Å². The van der Waals surface area contributed by atoms with Gasteiger partial charge in [-0.2, -0.15) is 0 Å². The molecule has 90 valence electrons. The summed E-state index contributed by atoms with van der Waals surface area (Å²) in [6.07, 6.45) is 5.25. The van der Waals surface area contributed by atoms with Crippen molar-refractivity contribution >= 4 is 11.6 Å². The van der Waals surface area contributed by atoms with Crippen LogP contribution in [0.2, 0.25) is 0 Å². The molecule has 2 nitrogen and oxygen atoms in total. The van der Waals surface area contributed by atoms with E-state index in [4.69, 9.17) is 11.6 Å². The predicted molar refractivity (Wildman–Crippen MR) is 67.7 cm³/mol. The van der Waals surface area contributed by atoms with Crippen LogP contribution < -0.4 is 0 Å². The third kappa shape index (κ3) is 5.74. The second-order valence-corrected chi connectivity index (χ2v) is 4.76. The van der Waals surface area contributed by atoms with Gasteiger partial charge in [-0.25, -0.2) is 0 Å². The SMILES string of the molecule is CCN(CCCCl)CCCN1CCCC1. The predicted octanol–water partition coefficient (Wildman–Crippen LogP) is 2.42. The number of alkyl halides is 1. The van der Waals surface area contributed by atoms with Gasteiger partial charge in [0.15, 0.2) is 0 Å². The van der Waals surface area contributed by atoms with E-state index in [1.54, 1.807) is 0 Å². The molecule has 3 heteroatoms. The van der Waals surface area contributed by atoms with Crippen molar-refractivity contribution in [1.29, 1.82) is 0 Å². The molecule has 0 saturated carbocycles. The number of halogens is 1. The number of rotatable bonds is 8. The molecule has 0 aromatic heterocycles. The molecule has 1 aliphatic heterocycles. The fourth-order valence-electron chi connectivity index (χ4n) is 2.24. The van der Waals surface area contributed by atoms with Crippen LogP contribution in [0.25, 0.3) is 0 Å². The summed E-state index contributed by atoms with van der Waals surface area (Å²) >= 11 is 5.71. The zero-order valence-electron chi connectivity index (χ0n) is 10.1. The fourth-order valence-corrected chi connectivity index (χ4v) is 2.36. The van der Waals surface area contributed by atoms with Crippen LogP contribution in [0, 0.1) is 0 Å². The molecule has 1 rings (SSSR count). The van der Waals surface area contributed by atoms with Gasteiger partial charge in [-0.1, -0.05) is 6.92 Å². The Hall–Kier alpha value is 0.210. The topological polar surface area (TPSA) is 6.48 Å². The van der Waals surface area contributed by atoms with Gasteiger partial charge in [0.25, 0.3) is 0 Å². The van der Waals surface area contributed by atoms with Crippen molar-refractivity contribution in [1.82, 2.24) is 9.80 Å². The Bertz CT molecular complexity index is 147. The quantitative estimate of drug-likeness (QED) is 0.594. The van der Waals surface area contributed by atoms with Crippen molar-refractivity contribution in [2.45, 2.75) is 32.6 Å². The van der Waals surface area contributed by atoms with E-state index in [9.17, 15) is 0 Å². The minimum Gasteiger partial charge on any atom is -0.304 e. The highest BCUT2D eigenvalue weighted by atomic mass is 35.5. The van der Waals surface area contributed by atoms with Crippen molar-refractivity contribution in [2.24, 2.45) is 0 Å². The molecule has 0 bridgehead atoms. The zero-order chi connectivity index (χ0) is 10.9. The molecule has 0 aromatic carbocycles. The number of nitrogens with zero attached hydrogens (tertiary/aromatic N) is 2. The summed E-state index contributed by atoms with van der Waals surface area (Å²) in [5.41, 5.74) is 0. The van der Waals surface area contributed by atoms with Gasteiger partial charge in [-0.3, -0.25) is 0 Å². The number of likely N-dealkylation sites (tertiary alicyclic amines) is 1. The van der Waals surface area contributed by atoms with E-state index < -0.39 is 0 Å². The first kappa shape index (κ1) is 13.3. The molecule has 1 saturated heterocycles. The van der Waals surface area contributed by atoms with Gasteiger partial charge in [-0.15, -0.1) is 11.6 Å². The second kappa shape index (κ2) is 8.37. The maximum atomic E-state index is 5.71. The van der Waals surface area contributed by atoms with E-state index in [1.807, 2.05) is 0 Å². The molecular formula is C12H25ClN2. The maximum Gasteiger partial charge on any atom is 0.0235 e. The van der Waals surface area contributed by atoms with Gasteiger partial charge in [-0.05, 0) is 65.0 Å². The van der Waals surface area contributed by atoms with Gasteiger partial charge < -0.3 is 9.80 Å². The van der Waals surface area contributed by atoms with Crippen LogP contribution >= 0.6 is 11.6 Å². The third-order valence-electron chi connectivity index (χ3n) is 3.20.